The van der Waals surface area contributed by atoms with Gasteiger partial charge < -0.3 is 10.4 Å². The molecule has 20 heavy (non-hydrogen) atoms. The summed E-state index contributed by atoms with van der Waals surface area (Å²) >= 11 is 0. The molecule has 1 rings (SSSR count). The highest BCUT2D eigenvalue weighted by Gasteiger charge is 2.38. The van der Waals surface area contributed by atoms with Crippen LogP contribution >= 0.6 is 0 Å². The maximum Gasteiger partial charge on any atom is 0.326 e. The molecule has 1 fully saturated rings. The van der Waals surface area contributed by atoms with Crippen LogP contribution in [0.15, 0.2) is 0 Å². The van der Waals surface area contributed by atoms with Gasteiger partial charge in [-0.05, 0) is 25.7 Å². The Hall–Kier alpha value is -1.15. The van der Waals surface area contributed by atoms with Crippen LogP contribution in [0.25, 0.3) is 0 Å². The molecule has 1 saturated heterocycles. The van der Waals surface area contributed by atoms with Crippen molar-refractivity contribution in [2.24, 2.45) is 0 Å². The summed E-state index contributed by atoms with van der Waals surface area (Å²) in [5.74, 6) is -1.62. The molecule has 1 amide bonds. The van der Waals surface area contributed by atoms with Crippen LogP contribution in [0, 0.1) is 0 Å². The van der Waals surface area contributed by atoms with Gasteiger partial charge >= 0.3 is 5.97 Å². The van der Waals surface area contributed by atoms with Crippen LogP contribution in [0.2, 0.25) is 0 Å². The van der Waals surface area contributed by atoms with Gasteiger partial charge in [-0.25, -0.2) is 13.2 Å². The summed E-state index contributed by atoms with van der Waals surface area (Å²) in [6.07, 6.45) is 1.80. The molecule has 1 aliphatic rings. The molecule has 0 saturated carbocycles. The van der Waals surface area contributed by atoms with Gasteiger partial charge in [-0.1, -0.05) is 13.8 Å². The zero-order valence-corrected chi connectivity index (χ0v) is 12.6. The van der Waals surface area contributed by atoms with E-state index in [1.54, 1.807) is 13.8 Å². The van der Waals surface area contributed by atoms with Crippen LogP contribution in [0.4, 0.5) is 0 Å². The summed E-state index contributed by atoms with van der Waals surface area (Å²) in [7, 11) is -3.44. The molecular formula is C12H22N2O5S. The molecule has 2 unspecified atom stereocenters. The van der Waals surface area contributed by atoms with Crippen molar-refractivity contribution in [2.45, 2.75) is 51.6 Å². The van der Waals surface area contributed by atoms with E-state index in [4.69, 9.17) is 5.11 Å². The van der Waals surface area contributed by atoms with E-state index in [1.807, 2.05) is 0 Å². The summed E-state index contributed by atoms with van der Waals surface area (Å²) in [5, 5.41) is 11.3. The minimum atomic E-state index is -3.44. The van der Waals surface area contributed by atoms with Crippen molar-refractivity contribution in [3.63, 3.8) is 0 Å². The molecule has 1 heterocycles. The normalized spacial score (nSPS) is 21.6. The number of sulfonamides is 1. The number of carboxylic acids is 1. The first-order valence-electron chi connectivity index (χ1n) is 6.86. The van der Waals surface area contributed by atoms with E-state index in [-0.39, 0.29) is 12.2 Å². The topological polar surface area (TPSA) is 104 Å². The third-order valence-corrected chi connectivity index (χ3v) is 5.42. The number of aliphatic carboxylic acids is 1. The average Bonchev–Trinajstić information content (AvgIpc) is 2.85. The van der Waals surface area contributed by atoms with Crippen molar-refractivity contribution in [2.75, 3.05) is 12.3 Å². The van der Waals surface area contributed by atoms with Gasteiger partial charge in [0.2, 0.25) is 15.9 Å². The highest BCUT2D eigenvalue weighted by Crippen LogP contribution is 2.22. The second-order valence-electron chi connectivity index (χ2n) is 4.89. The molecule has 116 valence electrons. The van der Waals surface area contributed by atoms with Gasteiger partial charge in [-0.2, -0.15) is 4.31 Å². The van der Waals surface area contributed by atoms with Gasteiger partial charge in [0.05, 0.1) is 5.75 Å². The summed E-state index contributed by atoms with van der Waals surface area (Å²) in [5.41, 5.74) is 0. The molecule has 0 aliphatic carbocycles. The first-order valence-corrected chi connectivity index (χ1v) is 8.47. The predicted molar refractivity (Wildman–Crippen MR) is 73.7 cm³/mol. The first kappa shape index (κ1) is 16.9. The van der Waals surface area contributed by atoms with E-state index in [0.717, 1.165) is 0 Å². The minimum Gasteiger partial charge on any atom is -0.480 e. The summed E-state index contributed by atoms with van der Waals surface area (Å²) in [6, 6.07) is -1.75. The number of nitrogens with one attached hydrogen (secondary N) is 1. The van der Waals surface area contributed by atoms with E-state index in [0.29, 0.717) is 25.8 Å². The number of carbonyl (C=O) groups is 2. The molecule has 8 heteroatoms. The van der Waals surface area contributed by atoms with Gasteiger partial charge in [0.25, 0.3) is 0 Å². The third-order valence-electron chi connectivity index (χ3n) is 3.35. The molecule has 7 nitrogen and oxygen atoms in total. The van der Waals surface area contributed by atoms with Crippen LogP contribution in [0.1, 0.15) is 39.5 Å². The van der Waals surface area contributed by atoms with Crippen LogP contribution < -0.4 is 5.32 Å². The van der Waals surface area contributed by atoms with Crippen molar-refractivity contribution in [1.82, 2.24) is 9.62 Å². The number of amides is 1. The Morgan fingerprint density at radius 3 is 2.55 bits per heavy atom. The van der Waals surface area contributed by atoms with E-state index < -0.39 is 34.0 Å². The van der Waals surface area contributed by atoms with Gasteiger partial charge in [-0.3, -0.25) is 4.79 Å². The van der Waals surface area contributed by atoms with E-state index in [1.165, 1.54) is 4.31 Å². The lowest BCUT2D eigenvalue weighted by molar-refractivity contribution is -0.142. The lowest BCUT2D eigenvalue weighted by atomic mass is 10.2. The molecule has 0 spiro atoms. The van der Waals surface area contributed by atoms with Gasteiger partial charge in [0.1, 0.15) is 12.1 Å². The Kier molecular flexibility index (Phi) is 5.94. The fraction of sp³-hybridized carbons (Fsp3) is 0.833. The first-order chi connectivity index (χ1) is 9.33. The number of hydrogen-bond donors (Lipinski definition) is 2. The summed E-state index contributed by atoms with van der Waals surface area (Å²) in [4.78, 5) is 23.0. The standard InChI is InChI=1S/C12H22N2O5S/c1-3-8-20(18,19)14-7-5-6-10(14)11(15)13-9(4-2)12(16)17/h9-10H,3-8H2,1-2H3,(H,13,15)(H,16,17). The van der Waals surface area contributed by atoms with Crippen LogP contribution in [-0.2, 0) is 19.6 Å². The van der Waals surface area contributed by atoms with E-state index in [9.17, 15) is 18.0 Å². The zero-order chi connectivity index (χ0) is 15.3. The smallest absolute Gasteiger partial charge is 0.326 e. The number of hydrogen-bond acceptors (Lipinski definition) is 4. The van der Waals surface area contributed by atoms with Gasteiger partial charge in [0.15, 0.2) is 0 Å². The van der Waals surface area contributed by atoms with Gasteiger partial charge in [0, 0.05) is 6.54 Å². The molecule has 2 atom stereocenters. The summed E-state index contributed by atoms with van der Waals surface area (Å²) in [6.45, 7) is 3.74. The second kappa shape index (κ2) is 7.03. The molecule has 0 aromatic carbocycles. The van der Waals surface area contributed by atoms with Crippen molar-refractivity contribution in [3.05, 3.63) is 0 Å². The highest BCUT2D eigenvalue weighted by atomic mass is 32.2. The minimum absolute atomic E-state index is 0.00686. The maximum absolute atomic E-state index is 12.1. The Morgan fingerprint density at radius 1 is 1.40 bits per heavy atom. The lowest BCUT2D eigenvalue weighted by Gasteiger charge is -2.24. The van der Waals surface area contributed by atoms with E-state index >= 15 is 0 Å². The highest BCUT2D eigenvalue weighted by molar-refractivity contribution is 7.89. The van der Waals surface area contributed by atoms with Crippen molar-refractivity contribution in [3.8, 4) is 0 Å². The fourth-order valence-corrected chi connectivity index (χ4v) is 4.06. The van der Waals surface area contributed by atoms with Crippen LogP contribution in [0.5, 0.6) is 0 Å². The zero-order valence-electron chi connectivity index (χ0n) is 11.8. The lowest BCUT2D eigenvalue weighted by Crippen LogP contribution is -2.51. The Balaban J connectivity index is 2.79. The molecule has 0 aromatic heterocycles. The van der Waals surface area contributed by atoms with Crippen molar-refractivity contribution in [1.29, 1.82) is 0 Å². The quantitative estimate of drug-likeness (QED) is 0.698. The number of nitrogens with zero attached hydrogens (tertiary/aromatic N) is 1. The molecule has 0 bridgehead atoms. The predicted octanol–water partition coefficient (Wildman–Crippen LogP) is 0.170. The van der Waals surface area contributed by atoms with Crippen molar-refractivity contribution < 1.29 is 23.1 Å². The molecule has 1 aliphatic heterocycles. The average molecular weight is 306 g/mol. The van der Waals surface area contributed by atoms with Gasteiger partial charge in [-0.15, -0.1) is 0 Å². The van der Waals surface area contributed by atoms with Crippen molar-refractivity contribution >= 4 is 21.9 Å². The molecule has 0 radical (unpaired) electrons. The maximum atomic E-state index is 12.1. The Bertz CT molecular complexity index is 462. The third kappa shape index (κ3) is 3.92. The Labute approximate surface area is 119 Å². The largest absolute Gasteiger partial charge is 0.480 e. The number of rotatable bonds is 7. The number of carboxylic acid groups (broad SMARTS) is 1. The second-order valence-corrected chi connectivity index (χ2v) is 6.93. The SMILES string of the molecule is CCCS(=O)(=O)N1CCCC1C(=O)NC(CC)C(=O)O. The van der Waals surface area contributed by atoms with Crippen LogP contribution in [0.3, 0.4) is 0 Å². The summed E-state index contributed by atoms with van der Waals surface area (Å²) < 4.78 is 25.3. The fourth-order valence-electron chi connectivity index (χ4n) is 2.32. The Morgan fingerprint density at radius 2 is 2.05 bits per heavy atom. The molecule has 2 N–H and O–H groups in total. The van der Waals surface area contributed by atoms with Crippen LogP contribution in [-0.4, -0.2) is 54.1 Å². The number of carbonyl (C=O) groups excluding carboxylic acids is 1. The molecular weight excluding hydrogens is 284 g/mol. The van der Waals surface area contributed by atoms with E-state index in [2.05, 4.69) is 5.32 Å². The monoisotopic (exact) mass is 306 g/mol. The molecule has 0 aromatic rings.